The van der Waals surface area contributed by atoms with Crippen molar-refractivity contribution in [1.82, 2.24) is 4.98 Å². The third kappa shape index (κ3) is 5.35. The topological polar surface area (TPSA) is 91.4 Å². The number of methoxy groups -OCH3 is 1. The number of benzene rings is 2. The smallest absolute Gasteiger partial charge is 0.338 e. The fraction of sp³-hybridized carbons (Fsp3) is 0.154. The number of rotatable bonds is 9. The second-order valence-electron chi connectivity index (χ2n) is 7.44. The second-order valence-corrected chi connectivity index (χ2v) is 7.44. The Morgan fingerprint density at radius 1 is 1.16 bits per heavy atom. The average Bonchev–Trinajstić information content (AvgIpc) is 3.32. The predicted molar refractivity (Wildman–Crippen MR) is 127 cm³/mol. The minimum Gasteiger partial charge on any atom is -0.496 e. The summed E-state index contributed by atoms with van der Waals surface area (Å²) in [5.41, 5.74) is 3.48. The molecule has 0 saturated carbocycles. The highest BCUT2D eigenvalue weighted by Gasteiger charge is 2.24. The quantitative estimate of drug-likeness (QED) is 0.302. The minimum atomic E-state index is -1.14. The fourth-order valence-corrected chi connectivity index (χ4v) is 3.39. The number of hydrogen-bond acceptors (Lipinski definition) is 3. The maximum Gasteiger partial charge on any atom is 0.338 e. The van der Waals surface area contributed by atoms with Crippen LogP contribution in [0.5, 0.6) is 5.75 Å². The molecular formula is C26H26N2O4. The number of amides is 1. The Labute approximate surface area is 187 Å². The molecule has 0 unspecified atom stereocenters. The lowest BCUT2D eigenvalue weighted by Crippen LogP contribution is -2.18. The normalized spacial score (nSPS) is 10.8. The van der Waals surface area contributed by atoms with Crippen molar-refractivity contribution >= 4 is 29.7 Å². The average molecular weight is 431 g/mol. The lowest BCUT2D eigenvalue weighted by molar-refractivity contribution is 0.0697. The van der Waals surface area contributed by atoms with Crippen LogP contribution in [0.2, 0.25) is 0 Å². The van der Waals surface area contributed by atoms with Crippen LogP contribution in [0.3, 0.4) is 0 Å². The summed E-state index contributed by atoms with van der Waals surface area (Å²) in [6, 6.07) is 14.6. The summed E-state index contributed by atoms with van der Waals surface area (Å²) in [6.45, 7) is 5.84. The van der Waals surface area contributed by atoms with Crippen LogP contribution in [0.15, 0.2) is 66.9 Å². The summed E-state index contributed by atoms with van der Waals surface area (Å²) in [7, 11) is 1.53. The number of carbonyl (C=O) groups excluding carboxylic acids is 1. The Morgan fingerprint density at radius 3 is 2.50 bits per heavy atom. The summed E-state index contributed by atoms with van der Waals surface area (Å²) in [6.07, 6.45) is 6.27. The molecule has 0 spiro atoms. The van der Waals surface area contributed by atoms with Crippen molar-refractivity contribution in [2.45, 2.75) is 19.8 Å². The van der Waals surface area contributed by atoms with Crippen LogP contribution in [0.25, 0.3) is 12.2 Å². The van der Waals surface area contributed by atoms with Gasteiger partial charge in [0.25, 0.3) is 5.91 Å². The van der Waals surface area contributed by atoms with E-state index < -0.39 is 11.9 Å². The first-order valence-corrected chi connectivity index (χ1v) is 10.2. The third-order valence-corrected chi connectivity index (χ3v) is 5.00. The van der Waals surface area contributed by atoms with Gasteiger partial charge in [-0.1, -0.05) is 48.1 Å². The summed E-state index contributed by atoms with van der Waals surface area (Å²) in [5, 5.41) is 12.9. The number of aromatic amines is 1. The van der Waals surface area contributed by atoms with E-state index in [9.17, 15) is 14.7 Å². The maximum atomic E-state index is 12.8. The van der Waals surface area contributed by atoms with Crippen molar-refractivity contribution in [2.24, 2.45) is 0 Å². The van der Waals surface area contributed by atoms with Gasteiger partial charge < -0.3 is 20.1 Å². The van der Waals surface area contributed by atoms with Gasteiger partial charge in [-0.2, -0.15) is 0 Å². The molecule has 0 saturated heterocycles. The van der Waals surface area contributed by atoms with Crippen LogP contribution in [0.1, 0.15) is 50.9 Å². The highest BCUT2D eigenvalue weighted by atomic mass is 16.5. The molecule has 6 heteroatoms. The number of anilines is 1. The molecule has 32 heavy (non-hydrogen) atoms. The van der Waals surface area contributed by atoms with Crippen molar-refractivity contribution in [2.75, 3.05) is 12.4 Å². The molecule has 3 rings (SSSR count). The van der Waals surface area contributed by atoms with Crippen molar-refractivity contribution in [3.8, 4) is 5.75 Å². The van der Waals surface area contributed by atoms with Gasteiger partial charge in [-0.25, -0.2) is 4.79 Å². The zero-order valence-corrected chi connectivity index (χ0v) is 18.1. The summed E-state index contributed by atoms with van der Waals surface area (Å²) >= 11 is 0. The number of allylic oxidation sites excluding steroid dienone is 1. The fourth-order valence-electron chi connectivity index (χ4n) is 3.39. The summed E-state index contributed by atoms with van der Waals surface area (Å²) in [4.78, 5) is 28.0. The number of H-pyrrole nitrogens is 1. The number of hydrogen-bond donors (Lipinski definition) is 3. The Morgan fingerprint density at radius 2 is 1.91 bits per heavy atom. The van der Waals surface area contributed by atoms with Crippen LogP contribution in [-0.4, -0.2) is 29.1 Å². The van der Waals surface area contributed by atoms with E-state index >= 15 is 0 Å². The first-order chi connectivity index (χ1) is 15.4. The van der Waals surface area contributed by atoms with E-state index in [0.717, 1.165) is 11.1 Å². The Bertz CT molecular complexity index is 1150. The summed E-state index contributed by atoms with van der Waals surface area (Å²) in [5.74, 6) is -1.07. The van der Waals surface area contributed by atoms with Gasteiger partial charge in [0.05, 0.1) is 18.4 Å². The largest absolute Gasteiger partial charge is 0.496 e. The van der Waals surface area contributed by atoms with Crippen LogP contribution >= 0.6 is 0 Å². The number of aromatic carboxylic acids is 1. The number of carboxylic acids is 1. The molecule has 0 fully saturated rings. The number of carbonyl (C=O) groups is 2. The Hall–Kier alpha value is -4.06. The zero-order valence-electron chi connectivity index (χ0n) is 18.1. The first kappa shape index (κ1) is 22.6. The van der Waals surface area contributed by atoms with Gasteiger partial charge in [0.15, 0.2) is 0 Å². The number of ether oxygens (including phenoxy) is 1. The van der Waals surface area contributed by atoms with Crippen LogP contribution in [0.4, 0.5) is 5.69 Å². The molecule has 3 N–H and O–H groups in total. The SMILES string of the molecule is C=C(C)CCc1c(OC)cc(C=Cc2ccccc2)c(C(=O)O)c1NC(=O)c1ccc[nH]1. The molecule has 3 aromatic rings. The second kappa shape index (κ2) is 10.3. The third-order valence-electron chi connectivity index (χ3n) is 5.00. The van der Waals surface area contributed by atoms with E-state index in [1.165, 1.54) is 7.11 Å². The molecule has 6 nitrogen and oxygen atoms in total. The monoisotopic (exact) mass is 430 g/mol. The molecular weight excluding hydrogens is 404 g/mol. The van der Waals surface area contributed by atoms with E-state index in [2.05, 4.69) is 16.9 Å². The lowest BCUT2D eigenvalue weighted by atomic mass is 9.94. The molecule has 1 aromatic heterocycles. The predicted octanol–water partition coefficient (Wildman–Crippen LogP) is 5.65. The number of aromatic nitrogens is 1. The molecule has 0 aliphatic heterocycles. The number of carboxylic acid groups (broad SMARTS) is 1. The van der Waals surface area contributed by atoms with Crippen LogP contribution < -0.4 is 10.1 Å². The van der Waals surface area contributed by atoms with E-state index in [1.54, 1.807) is 30.5 Å². The highest BCUT2D eigenvalue weighted by molar-refractivity contribution is 6.09. The molecule has 1 amide bonds. The van der Waals surface area contributed by atoms with E-state index in [4.69, 9.17) is 4.74 Å². The van der Waals surface area contributed by atoms with Crippen LogP contribution in [-0.2, 0) is 6.42 Å². The number of nitrogens with one attached hydrogen (secondary N) is 2. The van der Waals surface area contributed by atoms with Gasteiger partial charge in [0, 0.05) is 11.8 Å². The van der Waals surface area contributed by atoms with Gasteiger partial charge in [-0.05, 0) is 49.1 Å². The van der Waals surface area contributed by atoms with E-state index in [1.807, 2.05) is 43.3 Å². The first-order valence-electron chi connectivity index (χ1n) is 10.2. The Balaban J connectivity index is 2.17. The maximum absolute atomic E-state index is 12.8. The van der Waals surface area contributed by atoms with E-state index in [-0.39, 0.29) is 11.3 Å². The molecule has 0 aliphatic carbocycles. The van der Waals surface area contributed by atoms with Gasteiger partial charge in [-0.15, -0.1) is 6.58 Å². The molecule has 0 bridgehead atoms. The van der Waals surface area contributed by atoms with Crippen molar-refractivity contribution in [3.63, 3.8) is 0 Å². The molecule has 0 atom stereocenters. The van der Waals surface area contributed by atoms with E-state index in [0.29, 0.717) is 35.4 Å². The van der Waals surface area contributed by atoms with Crippen molar-refractivity contribution in [3.05, 3.63) is 94.8 Å². The highest BCUT2D eigenvalue weighted by Crippen LogP contribution is 2.36. The van der Waals surface area contributed by atoms with Gasteiger partial charge in [-0.3, -0.25) is 4.79 Å². The molecule has 0 aliphatic rings. The molecule has 0 radical (unpaired) electrons. The lowest BCUT2D eigenvalue weighted by Gasteiger charge is -2.19. The Kier molecular flexibility index (Phi) is 7.29. The van der Waals surface area contributed by atoms with Crippen LogP contribution in [0, 0.1) is 0 Å². The molecule has 1 heterocycles. The standard InChI is InChI=1S/C26H26N2O4/c1-17(2)11-14-20-22(32-3)16-19(13-12-18-8-5-4-6-9-18)23(26(30)31)24(20)28-25(29)21-10-7-15-27-21/h4-10,12-13,15-16,27H,1,11,14H2,2-3H3,(H,28,29)(H,30,31). The van der Waals surface area contributed by atoms with Crippen molar-refractivity contribution in [1.29, 1.82) is 0 Å². The zero-order chi connectivity index (χ0) is 23.1. The van der Waals surface area contributed by atoms with Crippen molar-refractivity contribution < 1.29 is 19.4 Å². The van der Waals surface area contributed by atoms with Gasteiger partial charge in [0.1, 0.15) is 11.4 Å². The van der Waals surface area contributed by atoms with Gasteiger partial charge >= 0.3 is 5.97 Å². The summed E-state index contributed by atoms with van der Waals surface area (Å²) < 4.78 is 5.60. The minimum absolute atomic E-state index is 0.00889. The van der Waals surface area contributed by atoms with Gasteiger partial charge in [0.2, 0.25) is 0 Å². The molecule has 2 aromatic carbocycles. The molecule has 164 valence electrons.